The molecule has 0 radical (unpaired) electrons. The average Bonchev–Trinajstić information content (AvgIpc) is 3.74. The number of aliphatic hydroxyl groups excluding tert-OH is 14. The zero-order chi connectivity index (χ0) is 49.1. The molecule has 5 fully saturated rings. The lowest BCUT2D eigenvalue weighted by Gasteiger charge is -2.46. The highest BCUT2D eigenvalue weighted by molar-refractivity contribution is 7.46. The van der Waals surface area contributed by atoms with Gasteiger partial charge in [0.1, 0.15) is 122 Å². The van der Waals surface area contributed by atoms with Crippen molar-refractivity contribution in [2.75, 3.05) is 33.0 Å². The molecule has 5 rings (SSSR count). The molecule has 32 heteroatoms. The van der Waals surface area contributed by atoms with Crippen molar-refractivity contribution in [1.82, 2.24) is 10.6 Å². The fourth-order valence-electron chi connectivity index (χ4n) is 7.91. The molecule has 384 valence electrons. The van der Waals surface area contributed by atoms with Crippen molar-refractivity contribution in [3.05, 3.63) is 0 Å². The summed E-state index contributed by atoms with van der Waals surface area (Å²) >= 11 is 0. The van der Waals surface area contributed by atoms with Gasteiger partial charge in [0.05, 0.1) is 33.0 Å². The van der Waals surface area contributed by atoms with Gasteiger partial charge in [-0.15, -0.1) is 0 Å². The molecule has 0 aromatic heterocycles. The van der Waals surface area contributed by atoms with Gasteiger partial charge in [0.15, 0.2) is 31.5 Å². The minimum atomic E-state index is -5.15. The molecule has 0 aromatic rings. The van der Waals surface area contributed by atoms with Crippen LogP contribution in [0, 0.1) is 0 Å². The van der Waals surface area contributed by atoms with Gasteiger partial charge in [-0.1, -0.05) is 0 Å². The van der Waals surface area contributed by atoms with E-state index in [1.54, 1.807) is 0 Å². The topological polar surface area (TPSA) is 491 Å². The summed E-state index contributed by atoms with van der Waals surface area (Å²) < 4.78 is 66.7. The van der Waals surface area contributed by atoms with Crippen molar-refractivity contribution in [2.24, 2.45) is 0 Å². The van der Waals surface area contributed by atoms with Gasteiger partial charge in [0.2, 0.25) is 11.8 Å². The summed E-state index contributed by atoms with van der Waals surface area (Å²) in [6, 6.07) is -3.21. The van der Waals surface area contributed by atoms with E-state index in [1.165, 1.54) is 0 Å². The second kappa shape index (κ2) is 23.4. The Hall–Kier alpha value is -1.87. The number of carbonyl (C=O) groups is 2. The molecule has 2 amide bonds. The fraction of sp³-hybridized carbons (Fsp3) is 0.941. The summed E-state index contributed by atoms with van der Waals surface area (Å²) in [7, 11) is -5.15. The van der Waals surface area contributed by atoms with Crippen LogP contribution >= 0.6 is 7.82 Å². The Bertz CT molecular complexity index is 1620. The van der Waals surface area contributed by atoms with E-state index in [4.69, 9.17) is 52.4 Å². The minimum Gasteiger partial charge on any atom is -0.394 e. The van der Waals surface area contributed by atoms with E-state index < -0.39 is 206 Å². The van der Waals surface area contributed by atoms with Gasteiger partial charge in [-0.25, -0.2) is 4.57 Å². The summed E-state index contributed by atoms with van der Waals surface area (Å²) in [6.45, 7) is -2.77. The van der Waals surface area contributed by atoms with Crippen molar-refractivity contribution in [3.8, 4) is 0 Å². The van der Waals surface area contributed by atoms with Crippen molar-refractivity contribution in [3.63, 3.8) is 0 Å². The first kappa shape index (κ1) is 55.1. The second-order valence-corrected chi connectivity index (χ2v) is 17.3. The monoisotopic (exact) mass is 990 g/mol. The Morgan fingerprint density at radius 1 is 0.545 bits per heavy atom. The number of hydrogen-bond donors (Lipinski definition) is 18. The minimum absolute atomic E-state index is 0.674. The molecule has 5 heterocycles. The van der Waals surface area contributed by atoms with E-state index in [1.807, 2.05) is 0 Å². The van der Waals surface area contributed by atoms with E-state index in [0.717, 1.165) is 13.8 Å². The van der Waals surface area contributed by atoms with Crippen LogP contribution in [0.2, 0.25) is 0 Å². The summed E-state index contributed by atoms with van der Waals surface area (Å²) in [6.07, 6.45) is -43.5. The molecule has 0 aromatic carbocycles. The number of phosphoric ester groups is 1. The maximum absolute atomic E-state index is 12.7. The lowest BCUT2D eigenvalue weighted by molar-refractivity contribution is -0.327. The van der Waals surface area contributed by atoms with Crippen LogP contribution in [-0.2, 0) is 61.3 Å². The third kappa shape index (κ3) is 12.7. The number of rotatable bonds is 19. The smallest absolute Gasteiger partial charge is 0.394 e. The Labute approximate surface area is 373 Å². The summed E-state index contributed by atoms with van der Waals surface area (Å²) in [4.78, 5) is 42.4. The van der Waals surface area contributed by atoms with Crippen LogP contribution in [0.1, 0.15) is 13.8 Å². The second-order valence-electron chi connectivity index (χ2n) is 16.1. The van der Waals surface area contributed by atoms with Crippen molar-refractivity contribution < 1.29 is 143 Å². The predicted molar refractivity (Wildman–Crippen MR) is 201 cm³/mol. The molecule has 31 nitrogen and oxygen atoms in total. The van der Waals surface area contributed by atoms with Crippen LogP contribution in [0.3, 0.4) is 0 Å². The molecule has 5 aliphatic heterocycles. The molecular weight excluding hydrogens is 931 g/mol. The summed E-state index contributed by atoms with van der Waals surface area (Å²) in [5.41, 5.74) is 0. The van der Waals surface area contributed by atoms with Crippen LogP contribution in [0.5, 0.6) is 0 Å². The molecule has 18 N–H and O–H groups in total. The predicted octanol–water partition coefficient (Wildman–Crippen LogP) is -11.5. The molecule has 0 bridgehead atoms. The van der Waals surface area contributed by atoms with Gasteiger partial charge >= 0.3 is 7.82 Å². The molecule has 5 saturated heterocycles. The number of nitrogens with one attached hydrogen (secondary N) is 2. The molecule has 0 unspecified atom stereocenters. The molecule has 0 aliphatic carbocycles. The average molecular weight is 991 g/mol. The highest BCUT2D eigenvalue weighted by Gasteiger charge is 2.58. The van der Waals surface area contributed by atoms with Crippen LogP contribution < -0.4 is 10.6 Å². The largest absolute Gasteiger partial charge is 0.469 e. The van der Waals surface area contributed by atoms with Crippen LogP contribution in [-0.4, -0.2) is 280 Å². The van der Waals surface area contributed by atoms with Gasteiger partial charge in [0.25, 0.3) is 0 Å². The summed E-state index contributed by atoms with van der Waals surface area (Å²) in [5, 5.41) is 153. The third-order valence-corrected chi connectivity index (χ3v) is 11.8. The molecule has 5 aliphatic rings. The van der Waals surface area contributed by atoms with E-state index in [-0.39, 0.29) is 0 Å². The molecule has 0 spiro atoms. The number of hydrogen-bond acceptors (Lipinski definition) is 27. The standard InChI is InChI=1S/C34H59N2O29P/c1-8(40)35-15-20(47)17(44)13(58-30(15)52)6-56-34-29(23(50)25(61-34)10(42)3-37)65-31-16(36-9(2)41)27(19(46)12(5-39)59-31)63-33-24(51)28(26(62-33)11(43)4-38)64-32-22(49)21(48)18(45)14(60-32)7-57-66(53,54)55/h10-34,37-39,42-52H,3-7H2,1-2H3,(H,35,40)(H,36,41)(H2,53,54,55)/t10-,11-,12-,13-,14-,15-,16-,17-,18-,19-,20-,21+,22-,23+,24-,25+,26+,27-,28-,29-,30-,31+,32-,33+,34-/m1/s1. The number of phosphoric acid groups is 1. The molecule has 25 atom stereocenters. The zero-order valence-electron chi connectivity index (χ0n) is 34.9. The first-order valence-corrected chi connectivity index (χ1v) is 21.9. The maximum Gasteiger partial charge on any atom is 0.469 e. The first-order chi connectivity index (χ1) is 30.9. The van der Waals surface area contributed by atoms with Crippen molar-refractivity contribution in [2.45, 2.75) is 167 Å². The maximum atomic E-state index is 12.7. The SMILES string of the molecule is CC(=O)N[C@@H]1[C@@H](O)[C@H](O)[C@@H](CO[C@@H]2O[C@@H]([C@H](O)CO)[C@H](O)[C@H]2O[C@@H]2O[C@H](CO)[C@@H](O)[C@H](O[C@@H]3O[C@@H]([C@H](O)CO)[C@H](O[C@H]4O[C@H](COP(=O)(O)O)[C@@H](O)[C@H](O)[C@H]4O)[C@H]3O)[C@H]2NC(C)=O)O[C@H]1O. The van der Waals surface area contributed by atoms with Gasteiger partial charge in [-0.2, -0.15) is 0 Å². The Kier molecular flexibility index (Phi) is 19.5. The Balaban J connectivity index is 1.38. The highest BCUT2D eigenvalue weighted by Crippen LogP contribution is 2.39. The van der Waals surface area contributed by atoms with Crippen LogP contribution in [0.25, 0.3) is 0 Å². The number of carbonyl (C=O) groups excluding carboxylic acids is 2. The van der Waals surface area contributed by atoms with E-state index in [2.05, 4.69) is 15.2 Å². The molecular formula is C34H59N2O29P. The zero-order valence-corrected chi connectivity index (χ0v) is 35.8. The fourth-order valence-corrected chi connectivity index (χ4v) is 8.25. The summed E-state index contributed by atoms with van der Waals surface area (Å²) in [5.74, 6) is -1.53. The number of amides is 2. The van der Waals surface area contributed by atoms with Crippen molar-refractivity contribution >= 4 is 19.6 Å². The van der Waals surface area contributed by atoms with Gasteiger partial charge in [0, 0.05) is 13.8 Å². The third-order valence-electron chi connectivity index (χ3n) is 11.3. The highest BCUT2D eigenvalue weighted by atomic mass is 31.2. The Morgan fingerprint density at radius 2 is 1.06 bits per heavy atom. The number of ether oxygens (including phenoxy) is 9. The van der Waals surface area contributed by atoms with Gasteiger partial charge in [-0.3, -0.25) is 14.1 Å². The molecule has 0 saturated carbocycles. The lowest BCUT2D eigenvalue weighted by Crippen LogP contribution is -2.67. The quantitative estimate of drug-likeness (QED) is 0.0534. The van der Waals surface area contributed by atoms with E-state index >= 15 is 0 Å². The van der Waals surface area contributed by atoms with Crippen LogP contribution in [0.4, 0.5) is 0 Å². The van der Waals surface area contributed by atoms with Crippen LogP contribution in [0.15, 0.2) is 0 Å². The van der Waals surface area contributed by atoms with Crippen molar-refractivity contribution in [1.29, 1.82) is 0 Å². The van der Waals surface area contributed by atoms with Gasteiger partial charge in [-0.05, 0) is 0 Å². The van der Waals surface area contributed by atoms with E-state index in [9.17, 15) is 85.6 Å². The number of aliphatic hydroxyl groups is 14. The first-order valence-electron chi connectivity index (χ1n) is 20.3. The normalized spacial score (nSPS) is 45.3. The van der Waals surface area contributed by atoms with Gasteiger partial charge < -0.3 is 135 Å². The molecule has 66 heavy (non-hydrogen) atoms. The Morgan fingerprint density at radius 3 is 1.65 bits per heavy atom. The van der Waals surface area contributed by atoms with E-state index in [0.29, 0.717) is 0 Å². The lowest BCUT2D eigenvalue weighted by atomic mass is 9.96.